The Hall–Kier alpha value is -2.42. The average molecular weight is 408 g/mol. The summed E-state index contributed by atoms with van der Waals surface area (Å²) in [6, 6.07) is 3.11. The number of anilines is 1. The van der Waals surface area contributed by atoms with Gasteiger partial charge in [0, 0.05) is 42.9 Å². The summed E-state index contributed by atoms with van der Waals surface area (Å²) in [5.41, 5.74) is -0.193. The number of carbonyl (C=O) groups is 1. The van der Waals surface area contributed by atoms with Crippen LogP contribution in [0.3, 0.4) is 0 Å². The molecule has 25 heavy (non-hydrogen) atoms. The summed E-state index contributed by atoms with van der Waals surface area (Å²) < 4.78 is 7.27. The first-order valence-corrected chi connectivity index (χ1v) is 8.61. The Kier molecular flexibility index (Phi) is 5.32. The Bertz CT molecular complexity index is 817. The molecule has 0 spiro atoms. The van der Waals surface area contributed by atoms with Crippen molar-refractivity contribution in [2.45, 2.75) is 6.54 Å². The van der Waals surface area contributed by atoms with Gasteiger partial charge in [-0.3, -0.25) is 14.6 Å². The lowest BCUT2D eigenvalue weighted by Gasteiger charge is -2.35. The van der Waals surface area contributed by atoms with Crippen molar-refractivity contribution >= 4 is 27.7 Å². The zero-order chi connectivity index (χ0) is 17.8. The van der Waals surface area contributed by atoms with E-state index in [1.807, 2.05) is 0 Å². The lowest BCUT2D eigenvalue weighted by atomic mass is 10.3. The van der Waals surface area contributed by atoms with Crippen LogP contribution in [0.15, 0.2) is 40.0 Å². The summed E-state index contributed by atoms with van der Waals surface area (Å²) in [6.07, 6.45) is 4.86. The fourth-order valence-corrected chi connectivity index (χ4v) is 3.02. The van der Waals surface area contributed by atoms with Crippen LogP contribution in [0.1, 0.15) is 0 Å². The van der Waals surface area contributed by atoms with E-state index in [-0.39, 0.29) is 18.0 Å². The zero-order valence-corrected chi connectivity index (χ0v) is 15.3. The molecule has 0 aromatic carbocycles. The highest BCUT2D eigenvalue weighted by Gasteiger charge is 2.22. The Balaban J connectivity index is 1.60. The lowest BCUT2D eigenvalue weighted by molar-refractivity contribution is -0.132. The molecule has 3 heterocycles. The molecule has 0 bridgehead atoms. The smallest absolute Gasteiger partial charge is 0.251 e. The fraction of sp³-hybridized carbons (Fsp3) is 0.375. The standard InChI is InChI=1S/C16H18BrN5O3/c1-25-14-9-18-8-13(19-14)20-4-6-21(7-5-20)16(24)11-22-10-12(17)2-3-15(22)23/h2-3,8-10H,4-7,11H2,1H3. The monoisotopic (exact) mass is 407 g/mol. The van der Waals surface area contributed by atoms with Gasteiger partial charge in [0.1, 0.15) is 6.54 Å². The molecule has 3 rings (SSSR count). The highest BCUT2D eigenvalue weighted by atomic mass is 79.9. The van der Waals surface area contributed by atoms with Crippen LogP contribution >= 0.6 is 15.9 Å². The molecule has 0 saturated carbocycles. The van der Waals surface area contributed by atoms with Crippen molar-refractivity contribution in [2.24, 2.45) is 0 Å². The van der Waals surface area contributed by atoms with Gasteiger partial charge in [-0.2, -0.15) is 4.98 Å². The number of amides is 1. The van der Waals surface area contributed by atoms with Gasteiger partial charge in [-0.25, -0.2) is 0 Å². The van der Waals surface area contributed by atoms with E-state index in [1.165, 1.54) is 10.6 Å². The van der Waals surface area contributed by atoms with Gasteiger partial charge in [0.25, 0.3) is 5.56 Å². The van der Waals surface area contributed by atoms with Crippen LogP contribution in [-0.4, -0.2) is 58.6 Å². The number of ether oxygens (including phenoxy) is 1. The van der Waals surface area contributed by atoms with E-state index in [4.69, 9.17) is 4.74 Å². The summed E-state index contributed by atoms with van der Waals surface area (Å²) in [5.74, 6) is 1.12. The predicted molar refractivity (Wildman–Crippen MR) is 95.8 cm³/mol. The van der Waals surface area contributed by atoms with Gasteiger partial charge in [-0.1, -0.05) is 0 Å². The van der Waals surface area contributed by atoms with E-state index < -0.39 is 0 Å². The summed E-state index contributed by atoms with van der Waals surface area (Å²) in [7, 11) is 1.55. The van der Waals surface area contributed by atoms with Crippen LogP contribution in [0.25, 0.3) is 0 Å². The van der Waals surface area contributed by atoms with Crippen molar-refractivity contribution in [1.82, 2.24) is 19.4 Å². The lowest BCUT2D eigenvalue weighted by Crippen LogP contribution is -2.50. The van der Waals surface area contributed by atoms with E-state index >= 15 is 0 Å². The van der Waals surface area contributed by atoms with Crippen molar-refractivity contribution in [3.8, 4) is 5.88 Å². The van der Waals surface area contributed by atoms with Crippen LogP contribution < -0.4 is 15.2 Å². The minimum atomic E-state index is -0.193. The van der Waals surface area contributed by atoms with E-state index in [1.54, 1.807) is 36.7 Å². The van der Waals surface area contributed by atoms with Gasteiger partial charge in [-0.15, -0.1) is 0 Å². The van der Waals surface area contributed by atoms with Crippen LogP contribution in [0.4, 0.5) is 5.82 Å². The molecule has 1 amide bonds. The summed E-state index contributed by atoms with van der Waals surface area (Å²) in [5, 5.41) is 0. The van der Waals surface area contributed by atoms with Crippen LogP contribution in [0, 0.1) is 0 Å². The average Bonchev–Trinajstić information content (AvgIpc) is 2.65. The largest absolute Gasteiger partial charge is 0.480 e. The molecule has 8 nitrogen and oxygen atoms in total. The highest BCUT2D eigenvalue weighted by molar-refractivity contribution is 9.10. The van der Waals surface area contributed by atoms with E-state index in [0.29, 0.717) is 32.1 Å². The molecule has 0 N–H and O–H groups in total. The van der Waals surface area contributed by atoms with Gasteiger partial charge in [-0.05, 0) is 22.0 Å². The molecule has 0 radical (unpaired) electrons. The molecule has 0 unspecified atom stereocenters. The summed E-state index contributed by atoms with van der Waals surface area (Å²) in [6.45, 7) is 2.49. The predicted octanol–water partition coefficient (Wildman–Crippen LogP) is 0.758. The topological polar surface area (TPSA) is 80.6 Å². The first kappa shape index (κ1) is 17.4. The minimum Gasteiger partial charge on any atom is -0.480 e. The van der Waals surface area contributed by atoms with Gasteiger partial charge >= 0.3 is 0 Å². The number of aromatic nitrogens is 3. The molecule has 2 aromatic heterocycles. The van der Waals surface area contributed by atoms with Gasteiger partial charge in [0.05, 0.1) is 19.5 Å². The Morgan fingerprint density at radius 3 is 2.72 bits per heavy atom. The van der Waals surface area contributed by atoms with Gasteiger partial charge in [0.2, 0.25) is 11.8 Å². The Morgan fingerprint density at radius 2 is 2.00 bits per heavy atom. The third-order valence-electron chi connectivity index (χ3n) is 4.02. The number of methoxy groups -OCH3 is 1. The number of halogens is 1. The Morgan fingerprint density at radius 1 is 1.24 bits per heavy atom. The molecule has 1 aliphatic heterocycles. The Labute approximate surface area is 153 Å². The molecular weight excluding hydrogens is 390 g/mol. The molecule has 2 aromatic rings. The summed E-state index contributed by atoms with van der Waals surface area (Å²) >= 11 is 3.31. The molecule has 1 aliphatic rings. The maximum Gasteiger partial charge on any atom is 0.251 e. The molecule has 1 saturated heterocycles. The van der Waals surface area contributed by atoms with Crippen molar-refractivity contribution < 1.29 is 9.53 Å². The molecule has 9 heteroatoms. The molecule has 0 atom stereocenters. The SMILES string of the molecule is COc1cncc(N2CCN(C(=O)Cn3cc(Br)ccc3=O)CC2)n1. The quantitative estimate of drug-likeness (QED) is 0.743. The number of pyridine rings is 1. The second kappa shape index (κ2) is 7.64. The van der Waals surface area contributed by atoms with Gasteiger partial charge in [0.15, 0.2) is 5.82 Å². The zero-order valence-electron chi connectivity index (χ0n) is 13.8. The maximum absolute atomic E-state index is 12.5. The highest BCUT2D eigenvalue weighted by Crippen LogP contribution is 2.16. The number of hydrogen-bond acceptors (Lipinski definition) is 6. The molecule has 132 valence electrons. The number of rotatable bonds is 4. The van der Waals surface area contributed by atoms with Crippen LogP contribution in [-0.2, 0) is 11.3 Å². The van der Waals surface area contributed by atoms with Crippen molar-refractivity contribution in [3.05, 3.63) is 45.5 Å². The second-order valence-corrected chi connectivity index (χ2v) is 6.52. The first-order valence-electron chi connectivity index (χ1n) is 7.81. The summed E-state index contributed by atoms with van der Waals surface area (Å²) in [4.78, 5) is 36.6. The molecule has 0 aliphatic carbocycles. The maximum atomic E-state index is 12.5. The number of nitrogens with zero attached hydrogens (tertiary/aromatic N) is 5. The van der Waals surface area contributed by atoms with Crippen LogP contribution in [0.5, 0.6) is 5.88 Å². The number of hydrogen-bond donors (Lipinski definition) is 0. The van der Waals surface area contributed by atoms with Gasteiger partial charge < -0.3 is 19.1 Å². The van der Waals surface area contributed by atoms with E-state index in [0.717, 1.165) is 10.3 Å². The third kappa shape index (κ3) is 4.16. The van der Waals surface area contributed by atoms with Crippen molar-refractivity contribution in [1.29, 1.82) is 0 Å². The number of carbonyl (C=O) groups excluding carboxylic acids is 1. The number of piperazine rings is 1. The van der Waals surface area contributed by atoms with Crippen molar-refractivity contribution in [3.63, 3.8) is 0 Å². The minimum absolute atomic E-state index is 0.0389. The van der Waals surface area contributed by atoms with E-state index in [9.17, 15) is 9.59 Å². The first-order chi connectivity index (χ1) is 12.1. The third-order valence-corrected chi connectivity index (χ3v) is 4.49. The van der Waals surface area contributed by atoms with Crippen molar-refractivity contribution in [2.75, 3.05) is 38.2 Å². The van der Waals surface area contributed by atoms with E-state index in [2.05, 4.69) is 30.8 Å². The van der Waals surface area contributed by atoms with Crippen LogP contribution in [0.2, 0.25) is 0 Å². The molecular formula is C16H18BrN5O3. The fourth-order valence-electron chi connectivity index (χ4n) is 2.65. The normalized spacial score (nSPS) is 14.5. The molecule has 1 fully saturated rings. The second-order valence-electron chi connectivity index (χ2n) is 5.60.